The lowest BCUT2D eigenvalue weighted by atomic mass is 9.77. The van der Waals surface area contributed by atoms with Crippen molar-refractivity contribution in [3.05, 3.63) is 42.0 Å². The number of rotatable bonds is 11. The van der Waals surface area contributed by atoms with Crippen LogP contribution in [0.4, 0.5) is 0 Å². The summed E-state index contributed by atoms with van der Waals surface area (Å²) in [5, 5.41) is 1.51. The Bertz CT molecular complexity index is 639. The molecule has 0 heterocycles. The molecule has 0 bridgehead atoms. The van der Waals surface area contributed by atoms with Gasteiger partial charge in [-0.25, -0.2) is 4.79 Å². The Labute approximate surface area is 180 Å². The molecule has 0 radical (unpaired) electrons. The van der Waals surface area contributed by atoms with Gasteiger partial charge in [0.2, 0.25) is 0 Å². The fourth-order valence-electron chi connectivity index (χ4n) is 4.62. The van der Waals surface area contributed by atoms with Crippen molar-refractivity contribution in [2.24, 2.45) is 5.92 Å². The predicted molar refractivity (Wildman–Crippen MR) is 128 cm³/mol. The number of hydrogen-bond acceptors (Lipinski definition) is 2. The zero-order valence-electron chi connectivity index (χ0n) is 19.3. The van der Waals surface area contributed by atoms with Gasteiger partial charge in [-0.3, -0.25) is 0 Å². The standard InChI is InChI=1S/C26H42O2Si/c1-6-7-8-10-22-11-13-23(14-12-22)24-15-17-25(18-16-24)29(4,5)20-9-19-28-26(27)21(2)3/h15-18,22-23H,2,6-14,19-20H2,1,3-5H3. The van der Waals surface area contributed by atoms with Crippen LogP contribution in [0.1, 0.15) is 83.1 Å². The minimum atomic E-state index is -1.49. The first-order chi connectivity index (χ1) is 13.8. The number of ether oxygens (including phenoxy) is 1. The summed E-state index contributed by atoms with van der Waals surface area (Å²) in [6.07, 6.45) is 12.1. The lowest BCUT2D eigenvalue weighted by Crippen LogP contribution is -2.41. The highest BCUT2D eigenvalue weighted by Crippen LogP contribution is 2.37. The van der Waals surface area contributed by atoms with Gasteiger partial charge < -0.3 is 4.74 Å². The lowest BCUT2D eigenvalue weighted by molar-refractivity contribution is -0.138. The molecule has 0 N–H and O–H groups in total. The topological polar surface area (TPSA) is 26.3 Å². The van der Waals surface area contributed by atoms with Gasteiger partial charge >= 0.3 is 5.97 Å². The van der Waals surface area contributed by atoms with E-state index in [1.165, 1.54) is 56.6 Å². The summed E-state index contributed by atoms with van der Waals surface area (Å²) < 4.78 is 5.26. The van der Waals surface area contributed by atoms with Crippen molar-refractivity contribution < 1.29 is 9.53 Å². The van der Waals surface area contributed by atoms with E-state index in [2.05, 4.69) is 50.9 Å². The van der Waals surface area contributed by atoms with Crippen molar-refractivity contribution in [2.45, 2.75) is 96.7 Å². The van der Waals surface area contributed by atoms with E-state index in [0.29, 0.717) is 12.2 Å². The smallest absolute Gasteiger partial charge is 0.333 e. The minimum Gasteiger partial charge on any atom is -0.462 e. The van der Waals surface area contributed by atoms with Crippen LogP contribution in [0.5, 0.6) is 0 Å². The normalized spacial score (nSPS) is 19.7. The predicted octanol–water partition coefficient (Wildman–Crippen LogP) is 6.97. The third-order valence-electron chi connectivity index (χ3n) is 6.75. The SMILES string of the molecule is C=C(C)C(=O)OCCC[Si](C)(C)c1ccc(C2CCC(CCCCC)CC2)cc1. The van der Waals surface area contributed by atoms with Crippen molar-refractivity contribution in [3.8, 4) is 0 Å². The van der Waals surface area contributed by atoms with E-state index in [1.54, 1.807) is 12.5 Å². The van der Waals surface area contributed by atoms with Gasteiger partial charge in [0, 0.05) is 5.57 Å². The monoisotopic (exact) mass is 414 g/mol. The van der Waals surface area contributed by atoms with Gasteiger partial charge in [0.15, 0.2) is 0 Å². The molecule has 0 atom stereocenters. The summed E-state index contributed by atoms with van der Waals surface area (Å²) in [5.74, 6) is 1.47. The number of unbranched alkanes of at least 4 members (excludes halogenated alkanes) is 2. The number of benzene rings is 1. The van der Waals surface area contributed by atoms with Gasteiger partial charge in [0.05, 0.1) is 14.7 Å². The van der Waals surface area contributed by atoms with E-state index < -0.39 is 8.07 Å². The second-order valence-electron chi connectivity index (χ2n) is 9.74. The second kappa shape index (κ2) is 11.7. The molecule has 0 spiro atoms. The molecule has 3 heteroatoms. The highest BCUT2D eigenvalue weighted by Gasteiger charge is 2.25. The number of hydrogen-bond donors (Lipinski definition) is 0. The average Bonchev–Trinajstić information content (AvgIpc) is 2.72. The first-order valence-corrected chi connectivity index (χ1v) is 15.0. The Morgan fingerprint density at radius 3 is 2.31 bits per heavy atom. The third kappa shape index (κ3) is 7.77. The molecule has 1 fully saturated rings. The molecule has 1 aliphatic rings. The Morgan fingerprint density at radius 2 is 1.72 bits per heavy atom. The largest absolute Gasteiger partial charge is 0.462 e. The molecule has 1 aromatic carbocycles. The molecule has 162 valence electrons. The van der Waals surface area contributed by atoms with E-state index in [-0.39, 0.29) is 5.97 Å². The second-order valence-corrected chi connectivity index (χ2v) is 14.6. The maximum absolute atomic E-state index is 11.5. The van der Waals surface area contributed by atoms with E-state index in [0.717, 1.165) is 24.3 Å². The van der Waals surface area contributed by atoms with Crippen LogP contribution >= 0.6 is 0 Å². The summed E-state index contributed by atoms with van der Waals surface area (Å²) in [7, 11) is -1.49. The van der Waals surface area contributed by atoms with Crippen LogP contribution < -0.4 is 5.19 Å². The third-order valence-corrected chi connectivity index (χ3v) is 10.3. The first-order valence-electron chi connectivity index (χ1n) is 11.8. The molecule has 2 rings (SSSR count). The van der Waals surface area contributed by atoms with Crippen molar-refractivity contribution >= 4 is 19.2 Å². The molecule has 0 unspecified atom stereocenters. The highest BCUT2D eigenvalue weighted by molar-refractivity contribution is 6.89. The average molecular weight is 415 g/mol. The van der Waals surface area contributed by atoms with Crippen molar-refractivity contribution in [3.63, 3.8) is 0 Å². The van der Waals surface area contributed by atoms with Crippen LogP contribution in [0.25, 0.3) is 0 Å². The van der Waals surface area contributed by atoms with Crippen molar-refractivity contribution in [1.82, 2.24) is 0 Å². The van der Waals surface area contributed by atoms with Crippen LogP contribution in [0.3, 0.4) is 0 Å². The Morgan fingerprint density at radius 1 is 1.07 bits per heavy atom. The van der Waals surface area contributed by atoms with Crippen molar-refractivity contribution in [1.29, 1.82) is 0 Å². The van der Waals surface area contributed by atoms with E-state index >= 15 is 0 Å². The van der Waals surface area contributed by atoms with Gasteiger partial charge in [0.25, 0.3) is 0 Å². The van der Waals surface area contributed by atoms with E-state index in [9.17, 15) is 4.79 Å². The van der Waals surface area contributed by atoms with E-state index in [1.807, 2.05) is 0 Å². The van der Waals surface area contributed by atoms with Gasteiger partial charge in [-0.1, -0.05) is 87.8 Å². The van der Waals surface area contributed by atoms with Crippen LogP contribution in [0, 0.1) is 5.92 Å². The minimum absolute atomic E-state index is 0.270. The van der Waals surface area contributed by atoms with Gasteiger partial charge in [-0.2, -0.15) is 0 Å². The molecule has 0 amide bonds. The van der Waals surface area contributed by atoms with Crippen LogP contribution in [0.2, 0.25) is 19.1 Å². The summed E-state index contributed by atoms with van der Waals surface area (Å²) in [5.41, 5.74) is 2.02. The summed E-state index contributed by atoms with van der Waals surface area (Å²) in [6, 6.07) is 10.7. The van der Waals surface area contributed by atoms with Crippen LogP contribution in [-0.4, -0.2) is 20.7 Å². The van der Waals surface area contributed by atoms with Crippen LogP contribution in [-0.2, 0) is 9.53 Å². The van der Waals surface area contributed by atoms with Crippen molar-refractivity contribution in [2.75, 3.05) is 6.61 Å². The van der Waals surface area contributed by atoms with Crippen LogP contribution in [0.15, 0.2) is 36.4 Å². The summed E-state index contributed by atoms with van der Waals surface area (Å²) in [4.78, 5) is 11.5. The zero-order valence-corrected chi connectivity index (χ0v) is 20.3. The number of carbonyl (C=O) groups is 1. The molecule has 29 heavy (non-hydrogen) atoms. The highest BCUT2D eigenvalue weighted by atomic mass is 28.3. The lowest BCUT2D eigenvalue weighted by Gasteiger charge is -2.29. The Hall–Kier alpha value is -1.35. The summed E-state index contributed by atoms with van der Waals surface area (Å²) in [6.45, 7) is 13.0. The Balaban J connectivity index is 1.80. The Kier molecular flexibility index (Phi) is 9.68. The van der Waals surface area contributed by atoms with Gasteiger partial charge in [-0.15, -0.1) is 0 Å². The first kappa shape index (κ1) is 23.9. The molecule has 0 saturated heterocycles. The molecule has 1 aromatic rings. The fourth-order valence-corrected chi connectivity index (χ4v) is 7.01. The zero-order chi connectivity index (χ0) is 21.3. The summed E-state index contributed by atoms with van der Waals surface area (Å²) >= 11 is 0. The fraction of sp³-hybridized carbons (Fsp3) is 0.654. The number of esters is 1. The maximum Gasteiger partial charge on any atom is 0.333 e. The molecule has 1 aliphatic carbocycles. The molecule has 1 saturated carbocycles. The quantitative estimate of drug-likeness (QED) is 0.169. The molecular weight excluding hydrogens is 372 g/mol. The molecular formula is C26H42O2Si. The molecule has 0 aliphatic heterocycles. The van der Waals surface area contributed by atoms with E-state index in [4.69, 9.17) is 4.74 Å². The number of carbonyl (C=O) groups excluding carboxylic acids is 1. The molecule has 2 nitrogen and oxygen atoms in total. The maximum atomic E-state index is 11.5. The molecule has 0 aromatic heterocycles. The van der Waals surface area contributed by atoms with Gasteiger partial charge in [-0.05, 0) is 56.4 Å². The van der Waals surface area contributed by atoms with Gasteiger partial charge in [0.1, 0.15) is 0 Å².